The molecule has 0 unspecified atom stereocenters. The van der Waals surface area contributed by atoms with Gasteiger partial charge in [-0.05, 0) is 36.4 Å². The Morgan fingerprint density at radius 3 is 2.82 bits per heavy atom. The van der Waals surface area contributed by atoms with Crippen molar-refractivity contribution in [1.82, 2.24) is 4.98 Å². The smallest absolute Gasteiger partial charge is 0.266 e. The number of fused-ring (bicyclic) bond motifs is 2. The van der Waals surface area contributed by atoms with Gasteiger partial charge in [0.25, 0.3) is 5.91 Å². The van der Waals surface area contributed by atoms with Crippen molar-refractivity contribution in [2.24, 2.45) is 0 Å². The van der Waals surface area contributed by atoms with Crippen molar-refractivity contribution < 1.29 is 18.7 Å². The monoisotopic (exact) mass is 396 g/mol. The molecule has 0 fully saturated rings. The number of pyridine rings is 1. The van der Waals surface area contributed by atoms with Gasteiger partial charge in [0.1, 0.15) is 17.1 Å². The van der Waals surface area contributed by atoms with Gasteiger partial charge in [0.2, 0.25) is 0 Å². The Labute approximate surface area is 164 Å². The van der Waals surface area contributed by atoms with Gasteiger partial charge in [0, 0.05) is 34.3 Å². The highest BCUT2D eigenvalue weighted by atomic mass is 32.1. The molecule has 28 heavy (non-hydrogen) atoms. The Morgan fingerprint density at radius 2 is 2.04 bits per heavy atom. The van der Waals surface area contributed by atoms with E-state index in [4.69, 9.17) is 9.47 Å². The van der Waals surface area contributed by atoms with E-state index in [9.17, 15) is 9.18 Å². The molecule has 0 atom stereocenters. The molecule has 0 aliphatic rings. The van der Waals surface area contributed by atoms with Crippen LogP contribution in [-0.2, 0) is 11.3 Å². The third-order valence-corrected chi connectivity index (χ3v) is 5.65. The van der Waals surface area contributed by atoms with Crippen LogP contribution in [0.3, 0.4) is 0 Å². The van der Waals surface area contributed by atoms with Crippen molar-refractivity contribution in [3.8, 4) is 5.75 Å². The predicted octanol–water partition coefficient (Wildman–Crippen LogP) is 5.00. The van der Waals surface area contributed by atoms with E-state index in [-0.39, 0.29) is 18.3 Å². The van der Waals surface area contributed by atoms with E-state index in [2.05, 4.69) is 10.3 Å². The minimum Gasteiger partial charge on any atom is -0.494 e. The number of hydrogen-bond acceptors (Lipinski definition) is 5. The van der Waals surface area contributed by atoms with E-state index < -0.39 is 0 Å². The zero-order chi connectivity index (χ0) is 19.7. The summed E-state index contributed by atoms with van der Waals surface area (Å²) in [5.41, 5.74) is 1.81. The summed E-state index contributed by atoms with van der Waals surface area (Å²) in [6, 6.07) is 12.0. The molecule has 4 aromatic rings. The van der Waals surface area contributed by atoms with Gasteiger partial charge < -0.3 is 14.8 Å². The molecule has 2 aromatic carbocycles. The van der Waals surface area contributed by atoms with Crippen LogP contribution >= 0.6 is 11.3 Å². The number of thiophene rings is 1. The number of rotatable bonds is 5. The number of carbonyl (C=O) groups excluding carboxylic acids is 1. The molecule has 0 radical (unpaired) electrons. The van der Waals surface area contributed by atoms with Crippen LogP contribution in [0.1, 0.15) is 15.2 Å². The topological polar surface area (TPSA) is 60.5 Å². The standard InChI is InChI=1S/C21H17FN2O3S/c1-26-11-13-18-14(22)6-3-7-17(18)28-20(13)21(25)24-15-8-9-16(27-2)19-12(15)5-4-10-23-19/h3-10H,11H2,1-2H3,(H,24,25). The third kappa shape index (κ3) is 3.08. The SMILES string of the molecule is COCc1c(C(=O)Nc2ccc(OC)c3ncccc23)sc2cccc(F)c12. The Kier molecular flexibility index (Phi) is 4.93. The minimum atomic E-state index is -0.362. The molecule has 0 bridgehead atoms. The predicted molar refractivity (Wildman–Crippen MR) is 109 cm³/mol. The number of amides is 1. The summed E-state index contributed by atoms with van der Waals surface area (Å²) in [4.78, 5) is 17.8. The molecule has 7 heteroatoms. The summed E-state index contributed by atoms with van der Waals surface area (Å²) < 4.78 is 25.6. The number of hydrogen-bond donors (Lipinski definition) is 1. The zero-order valence-electron chi connectivity index (χ0n) is 15.3. The Morgan fingerprint density at radius 1 is 1.18 bits per heavy atom. The quantitative estimate of drug-likeness (QED) is 0.516. The number of nitrogens with one attached hydrogen (secondary N) is 1. The second-order valence-corrected chi connectivity index (χ2v) is 7.18. The number of methoxy groups -OCH3 is 2. The summed E-state index contributed by atoms with van der Waals surface area (Å²) >= 11 is 1.25. The molecule has 2 aromatic heterocycles. The zero-order valence-corrected chi connectivity index (χ0v) is 16.1. The maximum Gasteiger partial charge on any atom is 0.266 e. The molecule has 0 aliphatic heterocycles. The second kappa shape index (κ2) is 7.53. The van der Waals surface area contributed by atoms with Gasteiger partial charge in [0.15, 0.2) is 0 Å². The highest BCUT2D eigenvalue weighted by molar-refractivity contribution is 7.21. The van der Waals surface area contributed by atoms with E-state index in [1.165, 1.54) is 24.5 Å². The number of carbonyl (C=O) groups is 1. The molecule has 2 heterocycles. The molecule has 5 nitrogen and oxygen atoms in total. The van der Waals surface area contributed by atoms with Gasteiger partial charge in [-0.3, -0.25) is 9.78 Å². The maximum atomic E-state index is 14.4. The van der Waals surface area contributed by atoms with Crippen LogP contribution in [0.15, 0.2) is 48.7 Å². The molecule has 0 saturated heterocycles. The van der Waals surface area contributed by atoms with Crippen molar-refractivity contribution >= 4 is 43.9 Å². The number of nitrogens with zero attached hydrogens (tertiary/aromatic N) is 1. The summed E-state index contributed by atoms with van der Waals surface area (Å²) in [6.45, 7) is 0.147. The van der Waals surface area contributed by atoms with Crippen LogP contribution in [0.2, 0.25) is 0 Å². The molecule has 0 spiro atoms. The molecular formula is C21H17FN2O3S. The summed E-state index contributed by atoms with van der Waals surface area (Å²) in [6.07, 6.45) is 1.67. The van der Waals surface area contributed by atoms with E-state index in [0.29, 0.717) is 37.5 Å². The summed E-state index contributed by atoms with van der Waals surface area (Å²) in [7, 11) is 3.10. The van der Waals surface area contributed by atoms with Crippen LogP contribution in [0.5, 0.6) is 5.75 Å². The van der Waals surface area contributed by atoms with Crippen molar-refractivity contribution in [1.29, 1.82) is 0 Å². The van der Waals surface area contributed by atoms with Gasteiger partial charge in [0.05, 0.1) is 24.3 Å². The van der Waals surface area contributed by atoms with E-state index >= 15 is 0 Å². The first kappa shape index (κ1) is 18.3. The number of aromatic nitrogens is 1. The molecule has 1 N–H and O–H groups in total. The first-order valence-electron chi connectivity index (χ1n) is 8.56. The van der Waals surface area contributed by atoms with Crippen molar-refractivity contribution in [2.75, 3.05) is 19.5 Å². The lowest BCUT2D eigenvalue weighted by molar-refractivity contribution is 0.102. The molecule has 0 saturated carbocycles. The van der Waals surface area contributed by atoms with Crippen molar-refractivity contribution in [2.45, 2.75) is 6.61 Å². The number of benzene rings is 2. The molecule has 4 rings (SSSR count). The van der Waals surface area contributed by atoms with E-state index in [1.54, 1.807) is 43.6 Å². The molecule has 0 aliphatic carbocycles. The third-order valence-electron chi connectivity index (χ3n) is 4.46. The van der Waals surface area contributed by atoms with Gasteiger partial charge in [-0.1, -0.05) is 6.07 Å². The highest BCUT2D eigenvalue weighted by Gasteiger charge is 2.21. The molecule has 1 amide bonds. The molecular weight excluding hydrogens is 379 g/mol. The largest absolute Gasteiger partial charge is 0.494 e. The fourth-order valence-electron chi connectivity index (χ4n) is 3.23. The lowest BCUT2D eigenvalue weighted by atomic mass is 10.1. The van der Waals surface area contributed by atoms with E-state index in [0.717, 1.165) is 5.39 Å². The van der Waals surface area contributed by atoms with Gasteiger partial charge in [-0.15, -0.1) is 11.3 Å². The van der Waals surface area contributed by atoms with Gasteiger partial charge >= 0.3 is 0 Å². The van der Waals surface area contributed by atoms with E-state index in [1.807, 2.05) is 6.07 Å². The normalized spacial score (nSPS) is 11.1. The Hall–Kier alpha value is -3.03. The first-order valence-corrected chi connectivity index (χ1v) is 9.37. The fourth-order valence-corrected chi connectivity index (χ4v) is 4.35. The molecule has 142 valence electrons. The first-order chi connectivity index (χ1) is 13.6. The number of anilines is 1. The fraction of sp³-hybridized carbons (Fsp3) is 0.143. The lowest BCUT2D eigenvalue weighted by Gasteiger charge is -2.11. The number of halogens is 1. The van der Waals surface area contributed by atoms with Crippen LogP contribution in [-0.4, -0.2) is 25.1 Å². The average Bonchev–Trinajstić information content (AvgIpc) is 3.08. The lowest BCUT2D eigenvalue weighted by Crippen LogP contribution is -2.13. The van der Waals surface area contributed by atoms with Gasteiger partial charge in [-0.25, -0.2) is 4.39 Å². The van der Waals surface area contributed by atoms with Crippen LogP contribution in [0.4, 0.5) is 10.1 Å². The number of ether oxygens (including phenoxy) is 2. The van der Waals surface area contributed by atoms with Crippen molar-refractivity contribution in [3.63, 3.8) is 0 Å². The van der Waals surface area contributed by atoms with Crippen LogP contribution < -0.4 is 10.1 Å². The maximum absolute atomic E-state index is 14.4. The van der Waals surface area contributed by atoms with Crippen molar-refractivity contribution in [3.05, 3.63) is 64.9 Å². The minimum absolute atomic E-state index is 0.147. The summed E-state index contributed by atoms with van der Waals surface area (Å²) in [5, 5.41) is 4.12. The Bertz CT molecular complexity index is 1190. The Balaban J connectivity index is 1.79. The van der Waals surface area contributed by atoms with Gasteiger partial charge in [-0.2, -0.15) is 0 Å². The highest BCUT2D eigenvalue weighted by Crippen LogP contribution is 2.35. The summed E-state index contributed by atoms with van der Waals surface area (Å²) in [5.74, 6) is -0.0560. The second-order valence-electron chi connectivity index (χ2n) is 6.12. The van der Waals surface area contributed by atoms with Crippen LogP contribution in [0, 0.1) is 5.82 Å². The average molecular weight is 396 g/mol. The van der Waals surface area contributed by atoms with Crippen LogP contribution in [0.25, 0.3) is 21.0 Å².